The maximum Gasteiger partial charge on any atom is 0.315 e. The Morgan fingerprint density at radius 2 is 1.94 bits per heavy atom. The van der Waals surface area contributed by atoms with E-state index in [2.05, 4.69) is 16.3 Å². The highest BCUT2D eigenvalue weighted by atomic mass is 16.5. The lowest BCUT2D eigenvalue weighted by Gasteiger charge is -2.40. The zero-order valence-electron chi connectivity index (χ0n) is 17.2. The maximum absolute atomic E-state index is 12.8. The van der Waals surface area contributed by atoms with E-state index in [9.17, 15) is 14.4 Å². The van der Waals surface area contributed by atoms with Gasteiger partial charge in [-0.15, -0.1) is 0 Å². The highest BCUT2D eigenvalue weighted by molar-refractivity contribution is 6.39. The predicted octanol–water partition coefficient (Wildman–Crippen LogP) is 1.76. The molecule has 0 saturated carbocycles. The molecule has 0 aliphatic carbocycles. The van der Waals surface area contributed by atoms with E-state index >= 15 is 0 Å². The lowest BCUT2D eigenvalue weighted by molar-refractivity contribution is -0.144. The second-order valence-electron chi connectivity index (χ2n) is 8.11. The van der Waals surface area contributed by atoms with Gasteiger partial charge in [-0.05, 0) is 36.8 Å². The van der Waals surface area contributed by atoms with Crippen LogP contribution in [0.15, 0.2) is 36.4 Å². The number of piperazine rings is 1. The average molecular weight is 421 g/mol. The van der Waals surface area contributed by atoms with Crippen molar-refractivity contribution in [2.75, 3.05) is 36.5 Å². The van der Waals surface area contributed by atoms with E-state index < -0.39 is 11.8 Å². The van der Waals surface area contributed by atoms with Crippen LogP contribution in [0.1, 0.15) is 18.1 Å². The van der Waals surface area contributed by atoms with Crippen LogP contribution in [-0.4, -0.2) is 55.0 Å². The summed E-state index contributed by atoms with van der Waals surface area (Å²) in [4.78, 5) is 40.6. The van der Waals surface area contributed by atoms with E-state index in [-0.39, 0.29) is 18.4 Å². The van der Waals surface area contributed by atoms with Crippen LogP contribution in [0.5, 0.6) is 11.5 Å². The summed E-state index contributed by atoms with van der Waals surface area (Å²) in [7, 11) is 0. The fraction of sp³-hybridized carbons (Fsp3) is 0.348. The van der Waals surface area contributed by atoms with Gasteiger partial charge in [-0.25, -0.2) is 0 Å². The van der Waals surface area contributed by atoms with Crippen LogP contribution in [0.25, 0.3) is 0 Å². The number of anilines is 2. The Bertz CT molecular complexity index is 1080. The Labute approximate surface area is 179 Å². The highest BCUT2D eigenvalue weighted by Crippen LogP contribution is 2.31. The molecule has 3 heterocycles. The van der Waals surface area contributed by atoms with Crippen molar-refractivity contribution >= 4 is 29.2 Å². The molecule has 0 aromatic heterocycles. The van der Waals surface area contributed by atoms with Crippen LogP contribution in [-0.2, 0) is 27.2 Å². The van der Waals surface area contributed by atoms with Gasteiger partial charge in [0.25, 0.3) is 0 Å². The third-order valence-corrected chi connectivity index (χ3v) is 6.00. The number of nitrogens with one attached hydrogen (secondary N) is 1. The Kier molecular flexibility index (Phi) is 4.77. The molecule has 2 aromatic rings. The lowest BCUT2D eigenvalue weighted by atomic mass is 10.1. The maximum atomic E-state index is 12.8. The van der Waals surface area contributed by atoms with Crippen LogP contribution in [0.2, 0.25) is 0 Å². The molecule has 0 bridgehead atoms. The van der Waals surface area contributed by atoms with Gasteiger partial charge in [0.05, 0.1) is 13.0 Å². The minimum Gasteiger partial charge on any atom is -0.493 e. The molecule has 0 radical (unpaired) electrons. The third-order valence-electron chi connectivity index (χ3n) is 6.00. The van der Waals surface area contributed by atoms with Crippen LogP contribution >= 0.6 is 0 Å². The van der Waals surface area contributed by atoms with Crippen molar-refractivity contribution in [2.45, 2.75) is 25.8 Å². The molecule has 1 N–H and O–H groups in total. The number of hydrogen-bond acceptors (Lipinski definition) is 6. The van der Waals surface area contributed by atoms with Gasteiger partial charge in [-0.2, -0.15) is 0 Å². The zero-order valence-corrected chi connectivity index (χ0v) is 17.2. The largest absolute Gasteiger partial charge is 0.493 e. The number of nitrogens with zero attached hydrogens (tertiary/aromatic N) is 2. The first-order chi connectivity index (χ1) is 15.0. The lowest BCUT2D eigenvalue weighted by Crippen LogP contribution is -2.56. The summed E-state index contributed by atoms with van der Waals surface area (Å²) < 4.78 is 10.7. The van der Waals surface area contributed by atoms with Gasteiger partial charge < -0.3 is 24.6 Å². The van der Waals surface area contributed by atoms with Gasteiger partial charge in [0, 0.05) is 55.1 Å². The molecule has 1 atom stereocenters. The number of amides is 2. The van der Waals surface area contributed by atoms with E-state index in [0.29, 0.717) is 31.1 Å². The SMILES string of the molecule is C[C@@H]1CN(c2ccc3c(c2)CCO3)CCN1C(=O)C(=O)Nc1ccc2c(c1)OC(=O)C2. The molecule has 8 nitrogen and oxygen atoms in total. The molecule has 2 aromatic carbocycles. The number of hydrogen-bond donors (Lipinski definition) is 1. The van der Waals surface area contributed by atoms with Gasteiger partial charge in [0.2, 0.25) is 0 Å². The van der Waals surface area contributed by atoms with Gasteiger partial charge >= 0.3 is 17.8 Å². The minimum atomic E-state index is -0.695. The van der Waals surface area contributed by atoms with Crippen molar-refractivity contribution < 1.29 is 23.9 Å². The molecule has 1 fully saturated rings. The monoisotopic (exact) mass is 421 g/mol. The Hall–Kier alpha value is -3.55. The number of fused-ring (bicyclic) bond motifs is 2. The van der Waals surface area contributed by atoms with Gasteiger partial charge in [0.15, 0.2) is 0 Å². The number of carbonyl (C=O) groups excluding carboxylic acids is 3. The molecular weight excluding hydrogens is 398 g/mol. The first-order valence-corrected chi connectivity index (χ1v) is 10.4. The molecule has 3 aliphatic rings. The fourth-order valence-electron chi connectivity index (χ4n) is 4.37. The molecule has 8 heteroatoms. The summed E-state index contributed by atoms with van der Waals surface area (Å²) in [5.74, 6) is -0.205. The van der Waals surface area contributed by atoms with Crippen molar-refractivity contribution in [3.05, 3.63) is 47.5 Å². The second kappa shape index (κ2) is 7.61. The van der Waals surface area contributed by atoms with Crippen molar-refractivity contribution in [1.29, 1.82) is 0 Å². The van der Waals surface area contributed by atoms with E-state index in [1.807, 2.05) is 19.1 Å². The normalized spacial score (nSPS) is 19.4. The number of benzene rings is 2. The topological polar surface area (TPSA) is 88.2 Å². The van der Waals surface area contributed by atoms with E-state index in [0.717, 1.165) is 30.0 Å². The van der Waals surface area contributed by atoms with Gasteiger partial charge in [-0.1, -0.05) is 6.07 Å². The Morgan fingerprint density at radius 1 is 1.06 bits per heavy atom. The summed E-state index contributed by atoms with van der Waals surface area (Å²) in [5, 5.41) is 2.63. The highest BCUT2D eigenvalue weighted by Gasteiger charge is 2.32. The van der Waals surface area contributed by atoms with Crippen LogP contribution in [0.3, 0.4) is 0 Å². The summed E-state index contributed by atoms with van der Waals surface area (Å²) in [5.41, 5.74) is 3.53. The number of esters is 1. The molecule has 31 heavy (non-hydrogen) atoms. The zero-order chi connectivity index (χ0) is 21.5. The second-order valence-corrected chi connectivity index (χ2v) is 8.11. The van der Waals surface area contributed by atoms with Crippen LogP contribution in [0, 0.1) is 0 Å². The molecule has 2 amide bonds. The molecular formula is C23H23N3O5. The first kappa shape index (κ1) is 19.4. The number of carbonyl (C=O) groups is 3. The predicted molar refractivity (Wildman–Crippen MR) is 113 cm³/mol. The van der Waals surface area contributed by atoms with Crippen molar-refractivity contribution in [3.8, 4) is 11.5 Å². The molecule has 0 spiro atoms. The summed E-state index contributed by atoms with van der Waals surface area (Å²) in [6, 6.07) is 11.1. The van der Waals surface area contributed by atoms with Gasteiger partial charge in [-0.3, -0.25) is 14.4 Å². The number of ether oxygens (including phenoxy) is 2. The first-order valence-electron chi connectivity index (χ1n) is 10.4. The van der Waals surface area contributed by atoms with E-state index in [1.165, 1.54) is 5.56 Å². The van der Waals surface area contributed by atoms with Crippen LogP contribution in [0.4, 0.5) is 11.4 Å². The summed E-state index contributed by atoms with van der Waals surface area (Å²) >= 11 is 0. The quantitative estimate of drug-likeness (QED) is 0.452. The average Bonchev–Trinajstić information content (AvgIpc) is 3.37. The van der Waals surface area contributed by atoms with Gasteiger partial charge in [0.1, 0.15) is 11.5 Å². The van der Waals surface area contributed by atoms with E-state index in [4.69, 9.17) is 9.47 Å². The fourth-order valence-corrected chi connectivity index (χ4v) is 4.37. The standard InChI is InChI=1S/C23H23N3O5/c1-14-13-25(18-4-5-19-16(10-18)6-9-30-19)7-8-26(14)23(29)22(28)24-17-3-2-15-11-21(27)31-20(15)12-17/h2-5,10,12,14H,6-9,11,13H2,1H3,(H,24,28)/t14-/m1/s1. The molecule has 3 aliphatic heterocycles. The smallest absolute Gasteiger partial charge is 0.315 e. The number of rotatable bonds is 2. The Balaban J connectivity index is 1.22. The van der Waals surface area contributed by atoms with Crippen LogP contribution < -0.4 is 19.7 Å². The van der Waals surface area contributed by atoms with Crippen molar-refractivity contribution in [2.24, 2.45) is 0 Å². The molecule has 0 unspecified atom stereocenters. The molecule has 160 valence electrons. The summed E-state index contributed by atoms with van der Waals surface area (Å²) in [6.45, 7) is 4.43. The minimum absolute atomic E-state index is 0.113. The third kappa shape index (κ3) is 3.69. The summed E-state index contributed by atoms with van der Waals surface area (Å²) in [6.07, 6.45) is 1.14. The van der Waals surface area contributed by atoms with Crippen molar-refractivity contribution in [1.82, 2.24) is 4.90 Å². The van der Waals surface area contributed by atoms with E-state index in [1.54, 1.807) is 23.1 Å². The Morgan fingerprint density at radius 3 is 2.77 bits per heavy atom. The molecule has 1 saturated heterocycles. The molecule has 5 rings (SSSR count). The van der Waals surface area contributed by atoms with Crippen molar-refractivity contribution in [3.63, 3.8) is 0 Å².